The third-order valence-electron chi connectivity index (χ3n) is 2.51. The van der Waals surface area contributed by atoms with Crippen LogP contribution in [0.3, 0.4) is 0 Å². The highest BCUT2D eigenvalue weighted by atomic mass is 35.5. The molecule has 0 atom stereocenters. The second kappa shape index (κ2) is 4.55. The molecule has 17 heavy (non-hydrogen) atoms. The minimum Gasteiger partial charge on any atom is -0.358 e. The Morgan fingerprint density at radius 1 is 1.47 bits per heavy atom. The van der Waals surface area contributed by atoms with Crippen molar-refractivity contribution in [2.45, 2.75) is 13.5 Å². The second-order valence-electron chi connectivity index (χ2n) is 3.60. The maximum absolute atomic E-state index is 10.8. The van der Waals surface area contributed by atoms with Gasteiger partial charge in [-0.25, -0.2) is 9.55 Å². The van der Waals surface area contributed by atoms with Crippen LogP contribution >= 0.6 is 11.6 Å². The van der Waals surface area contributed by atoms with E-state index in [1.54, 1.807) is 13.0 Å². The standard InChI is InChI=1S/C11H10ClN3O2/c1-8-13-6-11(15(16)17)14(8)7-9-4-2-3-5-10(9)12/h2-6H,7H2,1H3. The van der Waals surface area contributed by atoms with Gasteiger partial charge in [-0.15, -0.1) is 0 Å². The van der Waals surface area contributed by atoms with Gasteiger partial charge in [-0.1, -0.05) is 29.8 Å². The quantitative estimate of drug-likeness (QED) is 0.622. The number of aromatic nitrogens is 2. The van der Waals surface area contributed by atoms with Gasteiger partial charge in [-0.2, -0.15) is 0 Å². The summed E-state index contributed by atoms with van der Waals surface area (Å²) in [6.45, 7) is 2.08. The van der Waals surface area contributed by atoms with E-state index in [4.69, 9.17) is 11.6 Å². The Morgan fingerprint density at radius 3 is 2.82 bits per heavy atom. The third-order valence-corrected chi connectivity index (χ3v) is 2.88. The molecule has 0 fully saturated rings. The van der Waals surface area contributed by atoms with Crippen molar-refractivity contribution in [3.63, 3.8) is 0 Å². The van der Waals surface area contributed by atoms with Gasteiger partial charge in [0.05, 0.1) is 0 Å². The third kappa shape index (κ3) is 2.29. The molecule has 0 saturated carbocycles. The molecule has 6 heteroatoms. The van der Waals surface area contributed by atoms with Gasteiger partial charge in [-0.3, -0.25) is 0 Å². The molecule has 2 rings (SSSR count). The van der Waals surface area contributed by atoms with Crippen molar-refractivity contribution in [2.24, 2.45) is 0 Å². The van der Waals surface area contributed by atoms with Gasteiger partial charge in [0.2, 0.25) is 0 Å². The summed E-state index contributed by atoms with van der Waals surface area (Å²) >= 11 is 6.02. The first kappa shape index (κ1) is 11.6. The van der Waals surface area contributed by atoms with Crippen molar-refractivity contribution in [3.05, 3.63) is 57.0 Å². The number of imidazole rings is 1. The van der Waals surface area contributed by atoms with E-state index >= 15 is 0 Å². The highest BCUT2D eigenvalue weighted by Gasteiger charge is 2.18. The molecule has 0 aliphatic rings. The summed E-state index contributed by atoms with van der Waals surface area (Å²) in [5.41, 5.74) is 0.832. The average Bonchev–Trinajstić information content (AvgIpc) is 2.64. The molecule has 5 nitrogen and oxygen atoms in total. The predicted molar refractivity (Wildman–Crippen MR) is 64.2 cm³/mol. The van der Waals surface area contributed by atoms with Crippen molar-refractivity contribution < 1.29 is 4.92 Å². The van der Waals surface area contributed by atoms with Crippen LogP contribution in [0, 0.1) is 17.0 Å². The first-order valence-electron chi connectivity index (χ1n) is 4.99. The number of nitro groups is 1. The summed E-state index contributed by atoms with van der Waals surface area (Å²) in [6, 6.07) is 7.26. The Hall–Kier alpha value is -1.88. The largest absolute Gasteiger partial charge is 0.358 e. The van der Waals surface area contributed by atoms with Crippen LogP contribution in [0.1, 0.15) is 11.4 Å². The summed E-state index contributed by atoms with van der Waals surface area (Å²) in [4.78, 5) is 14.3. The van der Waals surface area contributed by atoms with Crippen LogP contribution in [0.4, 0.5) is 5.82 Å². The number of hydrogen-bond donors (Lipinski definition) is 0. The van der Waals surface area contributed by atoms with Crippen molar-refractivity contribution in [2.75, 3.05) is 0 Å². The molecule has 0 N–H and O–H groups in total. The summed E-state index contributed by atoms with van der Waals surface area (Å²) in [6.07, 6.45) is 1.26. The normalized spacial score (nSPS) is 10.5. The van der Waals surface area contributed by atoms with Crippen molar-refractivity contribution in [1.82, 2.24) is 9.55 Å². The molecule has 1 aromatic heterocycles. The molecule has 1 heterocycles. The van der Waals surface area contributed by atoms with Crippen LogP contribution in [0.15, 0.2) is 30.5 Å². The van der Waals surface area contributed by atoms with Gasteiger partial charge in [0, 0.05) is 17.5 Å². The fraction of sp³-hybridized carbons (Fsp3) is 0.182. The van der Waals surface area contributed by atoms with Crippen LogP contribution in [-0.2, 0) is 6.54 Å². The number of nitrogens with zero attached hydrogens (tertiary/aromatic N) is 3. The van der Waals surface area contributed by atoms with Gasteiger partial charge in [0.25, 0.3) is 0 Å². The summed E-state index contributed by atoms with van der Waals surface area (Å²) in [5, 5.41) is 11.4. The van der Waals surface area contributed by atoms with E-state index in [9.17, 15) is 10.1 Å². The Morgan fingerprint density at radius 2 is 2.18 bits per heavy atom. The number of hydrogen-bond acceptors (Lipinski definition) is 3. The second-order valence-corrected chi connectivity index (χ2v) is 4.01. The van der Waals surface area contributed by atoms with Crippen molar-refractivity contribution >= 4 is 17.4 Å². The van der Waals surface area contributed by atoms with Gasteiger partial charge in [0.15, 0.2) is 5.82 Å². The lowest BCUT2D eigenvalue weighted by atomic mass is 10.2. The Labute approximate surface area is 103 Å². The SMILES string of the molecule is Cc1ncc([N+](=O)[O-])n1Cc1ccccc1Cl. The van der Waals surface area contributed by atoms with E-state index in [1.165, 1.54) is 10.8 Å². The number of halogens is 1. The first-order valence-corrected chi connectivity index (χ1v) is 5.37. The van der Waals surface area contributed by atoms with Gasteiger partial charge in [0.1, 0.15) is 12.7 Å². The molecule has 0 spiro atoms. The van der Waals surface area contributed by atoms with Crippen molar-refractivity contribution in [3.8, 4) is 0 Å². The number of benzene rings is 1. The molecule has 0 aliphatic carbocycles. The zero-order valence-electron chi connectivity index (χ0n) is 9.13. The minimum atomic E-state index is -0.448. The molecule has 2 aromatic rings. The molecule has 1 aromatic carbocycles. The fourth-order valence-electron chi connectivity index (χ4n) is 1.59. The van der Waals surface area contributed by atoms with Crippen LogP contribution in [0.2, 0.25) is 5.02 Å². The van der Waals surface area contributed by atoms with Crippen LogP contribution < -0.4 is 0 Å². The summed E-state index contributed by atoms with van der Waals surface area (Å²) < 4.78 is 1.53. The molecule has 0 bridgehead atoms. The van der Waals surface area contributed by atoms with E-state index in [1.807, 2.05) is 18.2 Å². The van der Waals surface area contributed by atoms with E-state index < -0.39 is 4.92 Å². The van der Waals surface area contributed by atoms with E-state index in [0.717, 1.165) is 5.56 Å². The minimum absolute atomic E-state index is 0.0255. The molecule has 0 unspecified atom stereocenters. The first-order chi connectivity index (χ1) is 8.09. The fourth-order valence-corrected chi connectivity index (χ4v) is 1.79. The monoisotopic (exact) mass is 251 g/mol. The summed E-state index contributed by atoms with van der Waals surface area (Å²) in [5.74, 6) is 0.569. The molecule has 0 radical (unpaired) electrons. The Kier molecular flexibility index (Phi) is 3.10. The lowest BCUT2D eigenvalue weighted by Crippen LogP contribution is -2.06. The van der Waals surface area contributed by atoms with E-state index in [2.05, 4.69) is 4.98 Å². The number of aryl methyl sites for hydroxylation is 1. The van der Waals surface area contributed by atoms with Gasteiger partial charge in [-0.05, 0) is 11.0 Å². The lowest BCUT2D eigenvalue weighted by Gasteiger charge is -2.04. The van der Waals surface area contributed by atoms with Crippen LogP contribution in [0.25, 0.3) is 0 Å². The van der Waals surface area contributed by atoms with Crippen molar-refractivity contribution in [1.29, 1.82) is 0 Å². The van der Waals surface area contributed by atoms with Gasteiger partial charge >= 0.3 is 5.82 Å². The van der Waals surface area contributed by atoms with E-state index in [-0.39, 0.29) is 5.82 Å². The topological polar surface area (TPSA) is 61.0 Å². The van der Waals surface area contributed by atoms with Crippen LogP contribution in [-0.4, -0.2) is 14.5 Å². The molecule has 0 aliphatic heterocycles. The lowest BCUT2D eigenvalue weighted by molar-refractivity contribution is -0.392. The molecular formula is C11H10ClN3O2. The van der Waals surface area contributed by atoms with E-state index in [0.29, 0.717) is 17.4 Å². The molecule has 0 amide bonds. The zero-order valence-corrected chi connectivity index (χ0v) is 9.89. The Balaban J connectivity index is 2.39. The average molecular weight is 252 g/mol. The predicted octanol–water partition coefficient (Wildman–Crippen LogP) is 2.80. The maximum atomic E-state index is 10.8. The number of rotatable bonds is 3. The molecule has 0 saturated heterocycles. The Bertz CT molecular complexity index is 566. The summed E-state index contributed by atoms with van der Waals surface area (Å²) in [7, 11) is 0. The molecular weight excluding hydrogens is 242 g/mol. The maximum Gasteiger partial charge on any atom is 0.343 e. The van der Waals surface area contributed by atoms with Crippen LogP contribution in [0.5, 0.6) is 0 Å². The highest BCUT2D eigenvalue weighted by Crippen LogP contribution is 2.20. The molecule has 88 valence electrons. The highest BCUT2D eigenvalue weighted by molar-refractivity contribution is 6.31. The zero-order chi connectivity index (χ0) is 12.4. The van der Waals surface area contributed by atoms with Gasteiger partial charge < -0.3 is 10.1 Å². The smallest absolute Gasteiger partial charge is 0.343 e.